The molecule has 1 saturated heterocycles. The number of anilines is 2. The van der Waals surface area contributed by atoms with Crippen LogP contribution in [0.25, 0.3) is 11.0 Å². The first kappa shape index (κ1) is 49.0. The molecule has 2 atom stereocenters. The number of carbonyl (C=O) groups excluding carboxylic acids is 1. The van der Waals surface area contributed by atoms with Gasteiger partial charge in [0, 0.05) is 24.2 Å². The smallest absolute Gasteiger partial charge is 0.323 e. The van der Waals surface area contributed by atoms with Crippen molar-refractivity contribution in [2.45, 2.75) is 193 Å². The van der Waals surface area contributed by atoms with Crippen LogP contribution < -0.4 is 24.4 Å². The Bertz CT molecular complexity index is 2150. The van der Waals surface area contributed by atoms with Gasteiger partial charge in [-0.15, -0.1) is 11.3 Å². The molecule has 1 aromatic heterocycles. The fraction of sp³-hybridized carbons (Fsp3) is 0.615. The summed E-state index contributed by atoms with van der Waals surface area (Å²) < 4.78 is 8.97. The molecule has 6 rings (SSSR count). The molecule has 63 heavy (non-hydrogen) atoms. The second-order valence-electron chi connectivity index (χ2n) is 18.0. The van der Waals surface area contributed by atoms with Gasteiger partial charge >= 0.3 is 5.97 Å². The van der Waals surface area contributed by atoms with E-state index in [0.717, 1.165) is 61.9 Å². The fourth-order valence-corrected chi connectivity index (χ4v) is 12.3. The average molecular weight is 916 g/mol. The molecular weight excluding hydrogens is 843 g/mol. The van der Waals surface area contributed by atoms with Crippen molar-refractivity contribution in [3.05, 3.63) is 73.1 Å². The van der Waals surface area contributed by atoms with Crippen molar-refractivity contribution in [3.8, 4) is 5.75 Å². The molecule has 1 aliphatic carbocycles. The maximum absolute atomic E-state index is 13.9. The monoisotopic (exact) mass is 915 g/mol. The summed E-state index contributed by atoms with van der Waals surface area (Å²) in [6.45, 7) is 5.19. The lowest BCUT2D eigenvalue weighted by atomic mass is 9.96. The molecule has 1 amide bonds. The van der Waals surface area contributed by atoms with E-state index in [2.05, 4.69) is 55.1 Å². The van der Waals surface area contributed by atoms with Crippen LogP contribution in [0.4, 0.5) is 11.4 Å². The van der Waals surface area contributed by atoms with Crippen LogP contribution >= 0.6 is 35.3 Å². The number of hydrogen-bond acceptors (Lipinski definition) is 8. The molecule has 2 unspecified atom stereocenters. The molecule has 0 bridgehead atoms. The predicted molar refractivity (Wildman–Crippen MR) is 268 cm³/mol. The van der Waals surface area contributed by atoms with Gasteiger partial charge in [-0.05, 0) is 67.2 Å². The minimum Gasteiger partial charge on any atom is -0.491 e. The molecule has 1 N–H and O–H groups in total. The summed E-state index contributed by atoms with van der Waals surface area (Å²) in [6.07, 6.45) is 33.4. The first-order valence-electron chi connectivity index (χ1n) is 24.7. The number of aliphatic carboxylic acids is 1. The van der Waals surface area contributed by atoms with E-state index in [1.807, 2.05) is 12.1 Å². The number of carboxylic acid groups (broad SMARTS) is 1. The molecule has 8 nitrogen and oxygen atoms in total. The van der Waals surface area contributed by atoms with E-state index in [4.69, 9.17) is 17.0 Å². The number of rotatable bonds is 29. The number of benzene rings is 2. The molecule has 3 aromatic rings. The molecule has 3 aliphatic rings. The highest BCUT2D eigenvalue weighted by atomic mass is 32.2. The number of thioether (sulfide) groups is 1. The molecule has 0 radical (unpaired) electrons. The quantitative estimate of drug-likeness (QED) is 0.0544. The number of unbranched alkanes of at least 4 members (excludes halogenated alkanes) is 20. The van der Waals surface area contributed by atoms with Crippen LogP contribution in [-0.2, 0) is 16.1 Å². The Hall–Kier alpha value is -3.41. The molecule has 2 fully saturated rings. The fourth-order valence-electron chi connectivity index (χ4n) is 9.78. The van der Waals surface area contributed by atoms with Crippen molar-refractivity contribution in [1.29, 1.82) is 0 Å². The van der Waals surface area contributed by atoms with Crippen molar-refractivity contribution in [2.75, 3.05) is 18.1 Å². The Labute approximate surface area is 390 Å². The number of thiazole rings is 1. The number of fused-ring (bicyclic) bond motifs is 3. The summed E-state index contributed by atoms with van der Waals surface area (Å²) in [5.74, 6) is -0.0836. The van der Waals surface area contributed by atoms with Gasteiger partial charge in [-0.3, -0.25) is 23.9 Å². The lowest BCUT2D eigenvalue weighted by Gasteiger charge is -2.29. The zero-order valence-electron chi connectivity index (χ0n) is 38.2. The molecule has 11 heteroatoms. The van der Waals surface area contributed by atoms with Gasteiger partial charge in [0.25, 0.3) is 11.5 Å². The lowest BCUT2D eigenvalue weighted by Crippen LogP contribution is -2.35. The number of hydrogen-bond donors (Lipinski definition) is 1. The van der Waals surface area contributed by atoms with E-state index in [1.165, 1.54) is 154 Å². The molecule has 2 aliphatic heterocycles. The van der Waals surface area contributed by atoms with Crippen molar-refractivity contribution >= 4 is 73.9 Å². The average Bonchev–Trinajstić information content (AvgIpc) is 4.02. The molecule has 1 saturated carbocycles. The second-order valence-corrected chi connectivity index (χ2v) is 20.7. The summed E-state index contributed by atoms with van der Waals surface area (Å²) in [5.41, 5.74) is 4.04. The van der Waals surface area contributed by atoms with E-state index >= 15 is 0 Å². The zero-order chi connectivity index (χ0) is 44.4. The van der Waals surface area contributed by atoms with Gasteiger partial charge in [0.05, 0.1) is 16.8 Å². The van der Waals surface area contributed by atoms with Gasteiger partial charge in [0.2, 0.25) is 0 Å². The van der Waals surface area contributed by atoms with Crippen LogP contribution in [0, 0.1) is 0 Å². The van der Waals surface area contributed by atoms with Crippen molar-refractivity contribution in [2.24, 2.45) is 0 Å². The second kappa shape index (κ2) is 25.9. The van der Waals surface area contributed by atoms with Gasteiger partial charge in [0.15, 0.2) is 0 Å². The standard InChI is InChI=1S/C52H73N3O5S3/c1-3-5-7-9-11-12-13-14-15-16-17-18-19-20-22-26-35-60-45-31-24-23-29-44(45)55-42-30-27-28-40(42)41-36-39(32-33-43(41)55)37-46-49(58)54(38-47(56)57)51(62-46)48-50(59)53(52(61)63-48)34-25-21-10-8-6-4-2/h23-24,29,31-33,36-37,40,42H,3-22,25-28,30,34-35,38H2,1-2H3,(H,56,57)/b46-37-,51-48+. The zero-order valence-corrected chi connectivity index (χ0v) is 40.7. The highest BCUT2D eigenvalue weighted by Gasteiger charge is 2.43. The topological polar surface area (TPSA) is 92.1 Å². The number of thiocarbonyl (C=S) groups is 1. The van der Waals surface area contributed by atoms with Gasteiger partial charge in [-0.1, -0.05) is 191 Å². The summed E-state index contributed by atoms with van der Waals surface area (Å²) in [7, 11) is 0. The number of ether oxygens (including phenoxy) is 1. The van der Waals surface area contributed by atoms with E-state index < -0.39 is 18.1 Å². The first-order valence-corrected chi connectivity index (χ1v) is 26.7. The molecule has 0 spiro atoms. The van der Waals surface area contributed by atoms with Crippen molar-refractivity contribution < 1.29 is 19.4 Å². The van der Waals surface area contributed by atoms with Gasteiger partial charge in [-0.2, -0.15) is 0 Å². The van der Waals surface area contributed by atoms with E-state index in [-0.39, 0.29) is 5.91 Å². The minimum atomic E-state index is -1.13. The number of aromatic nitrogens is 1. The highest BCUT2D eigenvalue weighted by molar-refractivity contribution is 8.30. The Balaban J connectivity index is 1.07. The van der Waals surface area contributed by atoms with E-state index in [1.54, 1.807) is 4.90 Å². The van der Waals surface area contributed by atoms with Crippen LogP contribution in [0.1, 0.15) is 191 Å². The minimum absolute atomic E-state index is 0.246. The summed E-state index contributed by atoms with van der Waals surface area (Å²) in [5, 5.41) is 9.81. The maximum atomic E-state index is 13.9. The third-order valence-corrected chi connectivity index (χ3v) is 15.9. The van der Waals surface area contributed by atoms with Gasteiger partial charge in [-0.25, -0.2) is 0 Å². The summed E-state index contributed by atoms with van der Waals surface area (Å²) in [6, 6.07) is 15.2. The van der Waals surface area contributed by atoms with E-state index in [0.29, 0.717) is 43.5 Å². The first-order chi connectivity index (χ1) is 30.8. The molecule has 3 heterocycles. The third-order valence-electron chi connectivity index (χ3n) is 13.2. The third kappa shape index (κ3) is 13.6. The number of amides is 1. The summed E-state index contributed by atoms with van der Waals surface area (Å²) >= 11 is 7.97. The number of nitrogens with zero attached hydrogens (tertiary/aromatic N) is 3. The Morgan fingerprint density at radius 2 is 1.38 bits per heavy atom. The highest BCUT2D eigenvalue weighted by Crippen LogP contribution is 2.54. The van der Waals surface area contributed by atoms with Crippen LogP contribution in [0.2, 0.25) is 0 Å². The Morgan fingerprint density at radius 3 is 2.02 bits per heavy atom. The predicted octanol–water partition coefficient (Wildman–Crippen LogP) is 12.6. The van der Waals surface area contributed by atoms with Crippen molar-refractivity contribution in [1.82, 2.24) is 9.47 Å². The Kier molecular flexibility index (Phi) is 20.2. The largest absolute Gasteiger partial charge is 0.491 e. The van der Waals surface area contributed by atoms with Crippen LogP contribution in [-0.4, -0.2) is 50.0 Å². The van der Waals surface area contributed by atoms with Crippen molar-refractivity contribution in [3.63, 3.8) is 0 Å². The number of carboxylic acids is 1. The number of carbonyl (C=O) groups is 2. The normalized spacial score (nSPS) is 18.2. The van der Waals surface area contributed by atoms with Gasteiger partial charge in [0.1, 0.15) is 26.2 Å². The lowest BCUT2D eigenvalue weighted by molar-refractivity contribution is -0.137. The maximum Gasteiger partial charge on any atom is 0.323 e. The van der Waals surface area contributed by atoms with Crippen LogP contribution in [0.5, 0.6) is 5.75 Å². The Morgan fingerprint density at radius 1 is 0.778 bits per heavy atom. The van der Waals surface area contributed by atoms with Gasteiger partial charge < -0.3 is 14.7 Å². The molecular formula is C52H73N3O5S3. The summed E-state index contributed by atoms with van der Waals surface area (Å²) in [4.78, 5) is 44.0. The molecule has 344 valence electrons. The van der Waals surface area contributed by atoms with E-state index in [9.17, 15) is 19.5 Å². The number of para-hydroxylation sites is 2. The molecule has 2 aromatic carbocycles. The SMILES string of the molecule is CCCCCCCCCCCCCCCCCCOc1ccccc1N1c2ccc(/C=c3\s/c(=C4/SC(=S)N(CCCCCCCC)C4=O)n(CC(=O)O)c3=O)cc2C2CCCC21. The van der Waals surface area contributed by atoms with Crippen LogP contribution in [0.3, 0.4) is 0 Å². The van der Waals surface area contributed by atoms with Crippen LogP contribution in [0.15, 0.2) is 47.3 Å².